The van der Waals surface area contributed by atoms with Crippen molar-refractivity contribution in [2.45, 2.75) is 26.8 Å². The normalized spacial score (nSPS) is 10.8. The van der Waals surface area contributed by atoms with Gasteiger partial charge in [0.15, 0.2) is 0 Å². The van der Waals surface area contributed by atoms with E-state index in [0.29, 0.717) is 12.1 Å². The van der Waals surface area contributed by atoms with E-state index in [0.717, 1.165) is 29.7 Å². The van der Waals surface area contributed by atoms with E-state index in [-0.39, 0.29) is 5.91 Å². The number of halogens is 1. The Labute approximate surface area is 145 Å². The summed E-state index contributed by atoms with van der Waals surface area (Å²) >= 11 is 3.37. The molecule has 5 nitrogen and oxygen atoms in total. The number of aryl methyl sites for hydroxylation is 2. The fourth-order valence-electron chi connectivity index (χ4n) is 2.43. The number of nitrogens with zero attached hydrogens (tertiary/aromatic N) is 2. The Kier molecular flexibility index (Phi) is 6.36. The second-order valence-corrected chi connectivity index (χ2v) is 6.49. The van der Waals surface area contributed by atoms with E-state index >= 15 is 0 Å². The second kappa shape index (κ2) is 8.26. The van der Waals surface area contributed by atoms with Crippen LogP contribution >= 0.6 is 15.9 Å². The van der Waals surface area contributed by atoms with Gasteiger partial charge in [0.25, 0.3) is 5.91 Å². The summed E-state index contributed by atoms with van der Waals surface area (Å²) in [6, 6.07) is 7.40. The Morgan fingerprint density at radius 1 is 1.30 bits per heavy atom. The summed E-state index contributed by atoms with van der Waals surface area (Å²) in [4.78, 5) is 12.0. The van der Waals surface area contributed by atoms with Crippen molar-refractivity contribution in [1.82, 2.24) is 20.4 Å². The minimum Gasteiger partial charge on any atom is -0.352 e. The SMILES string of the molecule is Cc1nn(C)c(C)c1CNCCCNC(=O)c1cccc(Br)c1. The van der Waals surface area contributed by atoms with Gasteiger partial charge in [-0.2, -0.15) is 5.10 Å². The zero-order valence-electron chi connectivity index (χ0n) is 13.8. The van der Waals surface area contributed by atoms with E-state index in [9.17, 15) is 4.79 Å². The largest absolute Gasteiger partial charge is 0.352 e. The first-order valence-electron chi connectivity index (χ1n) is 7.72. The summed E-state index contributed by atoms with van der Waals surface area (Å²) in [5.41, 5.74) is 4.19. The van der Waals surface area contributed by atoms with Crippen LogP contribution in [0, 0.1) is 13.8 Å². The number of amides is 1. The average molecular weight is 379 g/mol. The predicted molar refractivity (Wildman–Crippen MR) is 95.5 cm³/mol. The molecule has 0 saturated carbocycles. The first-order chi connectivity index (χ1) is 11.0. The summed E-state index contributed by atoms with van der Waals surface area (Å²) in [5.74, 6) is -0.0368. The van der Waals surface area contributed by atoms with Gasteiger partial charge < -0.3 is 10.6 Å². The van der Waals surface area contributed by atoms with Crippen molar-refractivity contribution < 1.29 is 4.79 Å². The summed E-state index contributed by atoms with van der Waals surface area (Å²) in [6.45, 7) is 6.43. The maximum absolute atomic E-state index is 12.0. The fourth-order valence-corrected chi connectivity index (χ4v) is 2.83. The lowest BCUT2D eigenvalue weighted by molar-refractivity contribution is 0.0953. The van der Waals surface area contributed by atoms with Crippen molar-refractivity contribution in [1.29, 1.82) is 0 Å². The predicted octanol–water partition coefficient (Wildman–Crippen LogP) is 2.71. The first kappa shape index (κ1) is 17.7. The molecule has 0 aliphatic carbocycles. The maximum atomic E-state index is 12.0. The Morgan fingerprint density at radius 3 is 2.74 bits per heavy atom. The summed E-state index contributed by atoms with van der Waals surface area (Å²) in [5, 5.41) is 10.7. The number of nitrogens with one attached hydrogen (secondary N) is 2. The van der Waals surface area contributed by atoms with Crippen LogP contribution in [0.3, 0.4) is 0 Å². The molecule has 23 heavy (non-hydrogen) atoms. The molecule has 0 atom stereocenters. The van der Waals surface area contributed by atoms with Crippen molar-refractivity contribution in [3.8, 4) is 0 Å². The van der Waals surface area contributed by atoms with Crippen molar-refractivity contribution in [3.63, 3.8) is 0 Å². The van der Waals surface area contributed by atoms with Gasteiger partial charge in [0, 0.05) is 41.4 Å². The lowest BCUT2D eigenvalue weighted by Gasteiger charge is -2.07. The lowest BCUT2D eigenvalue weighted by atomic mass is 10.2. The molecule has 124 valence electrons. The number of hydrogen-bond acceptors (Lipinski definition) is 3. The van der Waals surface area contributed by atoms with E-state index < -0.39 is 0 Å². The number of benzene rings is 1. The number of carbonyl (C=O) groups excluding carboxylic acids is 1. The molecule has 0 aliphatic heterocycles. The van der Waals surface area contributed by atoms with Crippen molar-refractivity contribution >= 4 is 21.8 Å². The van der Waals surface area contributed by atoms with Gasteiger partial charge in [-0.1, -0.05) is 22.0 Å². The molecule has 0 fully saturated rings. The molecule has 0 spiro atoms. The highest BCUT2D eigenvalue weighted by molar-refractivity contribution is 9.10. The van der Waals surface area contributed by atoms with Gasteiger partial charge in [-0.15, -0.1) is 0 Å². The molecule has 0 radical (unpaired) electrons. The Morgan fingerprint density at radius 2 is 2.09 bits per heavy atom. The molecular weight excluding hydrogens is 356 g/mol. The van der Waals surface area contributed by atoms with Crippen molar-refractivity contribution in [3.05, 3.63) is 51.3 Å². The molecule has 2 rings (SSSR count). The van der Waals surface area contributed by atoms with Gasteiger partial charge >= 0.3 is 0 Å². The van der Waals surface area contributed by atoms with Gasteiger partial charge in [-0.3, -0.25) is 9.48 Å². The fraction of sp³-hybridized carbons (Fsp3) is 0.412. The molecule has 1 aromatic carbocycles. The summed E-state index contributed by atoms with van der Waals surface area (Å²) < 4.78 is 2.82. The van der Waals surface area contributed by atoms with Crippen LogP contribution in [0.1, 0.15) is 33.7 Å². The number of carbonyl (C=O) groups is 1. The van der Waals surface area contributed by atoms with E-state index in [4.69, 9.17) is 0 Å². The summed E-state index contributed by atoms with van der Waals surface area (Å²) in [6.07, 6.45) is 0.887. The van der Waals surface area contributed by atoms with E-state index in [2.05, 4.69) is 38.6 Å². The smallest absolute Gasteiger partial charge is 0.251 e. The van der Waals surface area contributed by atoms with Crippen LogP contribution in [0.2, 0.25) is 0 Å². The quantitative estimate of drug-likeness (QED) is 0.728. The minimum atomic E-state index is -0.0368. The van der Waals surface area contributed by atoms with E-state index in [1.54, 1.807) is 0 Å². The highest BCUT2D eigenvalue weighted by atomic mass is 79.9. The lowest BCUT2D eigenvalue weighted by Crippen LogP contribution is -2.27. The van der Waals surface area contributed by atoms with Gasteiger partial charge in [-0.05, 0) is 45.0 Å². The topological polar surface area (TPSA) is 59.0 Å². The van der Waals surface area contributed by atoms with Gasteiger partial charge in [0.2, 0.25) is 0 Å². The van der Waals surface area contributed by atoms with E-state index in [1.165, 1.54) is 11.3 Å². The van der Waals surface area contributed by atoms with Gasteiger partial charge in [0.1, 0.15) is 0 Å². The number of aromatic nitrogens is 2. The molecule has 1 amide bonds. The van der Waals surface area contributed by atoms with Gasteiger partial charge in [0.05, 0.1) is 5.69 Å². The molecule has 2 N–H and O–H groups in total. The Balaban J connectivity index is 1.67. The van der Waals surface area contributed by atoms with Crippen LogP contribution in [-0.2, 0) is 13.6 Å². The third-order valence-corrected chi connectivity index (χ3v) is 4.36. The third-order valence-electron chi connectivity index (χ3n) is 3.86. The van der Waals surface area contributed by atoms with Gasteiger partial charge in [-0.25, -0.2) is 0 Å². The van der Waals surface area contributed by atoms with Crippen molar-refractivity contribution in [2.75, 3.05) is 13.1 Å². The minimum absolute atomic E-state index is 0.0368. The third kappa shape index (κ3) is 4.91. The van der Waals surface area contributed by atoms with Crippen LogP contribution in [0.25, 0.3) is 0 Å². The average Bonchev–Trinajstić information content (AvgIpc) is 2.76. The highest BCUT2D eigenvalue weighted by Crippen LogP contribution is 2.12. The molecule has 2 aromatic rings. The van der Waals surface area contributed by atoms with Crippen LogP contribution in [-0.4, -0.2) is 28.8 Å². The van der Waals surface area contributed by atoms with Crippen LogP contribution in [0.5, 0.6) is 0 Å². The molecule has 0 unspecified atom stereocenters. The number of rotatable bonds is 7. The molecule has 6 heteroatoms. The van der Waals surface area contributed by atoms with Crippen LogP contribution in [0.4, 0.5) is 0 Å². The van der Waals surface area contributed by atoms with Crippen LogP contribution < -0.4 is 10.6 Å². The second-order valence-electron chi connectivity index (χ2n) is 5.57. The molecular formula is C17H23BrN4O. The molecule has 1 heterocycles. The zero-order valence-corrected chi connectivity index (χ0v) is 15.4. The monoisotopic (exact) mass is 378 g/mol. The zero-order chi connectivity index (χ0) is 16.8. The molecule has 0 bridgehead atoms. The standard InChI is InChI=1S/C17H23BrN4O/c1-12-16(13(2)22(3)21-12)11-19-8-5-9-20-17(23)14-6-4-7-15(18)10-14/h4,6-7,10,19H,5,8-9,11H2,1-3H3,(H,20,23). The molecule has 0 saturated heterocycles. The van der Waals surface area contributed by atoms with Crippen LogP contribution in [0.15, 0.2) is 28.7 Å². The highest BCUT2D eigenvalue weighted by Gasteiger charge is 2.08. The van der Waals surface area contributed by atoms with Crippen molar-refractivity contribution in [2.24, 2.45) is 7.05 Å². The Hall–Kier alpha value is -1.66. The molecule has 1 aromatic heterocycles. The Bertz CT molecular complexity index is 681. The number of hydrogen-bond donors (Lipinski definition) is 2. The maximum Gasteiger partial charge on any atom is 0.251 e. The molecule has 0 aliphatic rings. The van der Waals surface area contributed by atoms with E-state index in [1.807, 2.05) is 42.9 Å². The summed E-state index contributed by atoms with van der Waals surface area (Å²) in [7, 11) is 1.96. The first-order valence-corrected chi connectivity index (χ1v) is 8.52.